The van der Waals surface area contributed by atoms with Crippen LogP contribution in [0, 0.1) is 27.7 Å². The summed E-state index contributed by atoms with van der Waals surface area (Å²) < 4.78 is 0. The van der Waals surface area contributed by atoms with Gasteiger partial charge >= 0.3 is 0 Å². The number of para-hydroxylation sites is 4. The predicted molar refractivity (Wildman–Crippen MR) is 137 cm³/mol. The van der Waals surface area contributed by atoms with Crippen LogP contribution < -0.4 is 0 Å². The summed E-state index contributed by atoms with van der Waals surface area (Å²) in [7, 11) is 0. The van der Waals surface area contributed by atoms with E-state index in [0.29, 0.717) is 0 Å². The number of aromatic amines is 2. The molecule has 0 aliphatic heterocycles. The first kappa shape index (κ1) is 21.2. The molecule has 5 aromatic rings. The van der Waals surface area contributed by atoms with E-state index in [2.05, 4.69) is 61.9 Å². The molecule has 32 heavy (non-hydrogen) atoms. The quantitative estimate of drug-likeness (QED) is 0.263. The summed E-state index contributed by atoms with van der Waals surface area (Å²) in [5.41, 5.74) is 12.6. The zero-order valence-corrected chi connectivity index (χ0v) is 20.4. The summed E-state index contributed by atoms with van der Waals surface area (Å²) in [5, 5.41) is 1.95. The predicted octanol–water partition coefficient (Wildman–Crippen LogP) is 7.26. The number of rotatable bonds is 6. The number of fused-ring (bicyclic) bond motifs is 2. The largest absolute Gasteiger partial charge is 0.333 e. The highest BCUT2D eigenvalue weighted by atomic mass is 32.2. The average Bonchev–Trinajstić information content (AvgIpc) is 3.41. The van der Waals surface area contributed by atoms with Gasteiger partial charge in [0.1, 0.15) is 0 Å². The molecule has 0 unspecified atom stereocenters. The average molecular weight is 459 g/mol. The lowest BCUT2D eigenvalue weighted by Crippen LogP contribution is -2.04. The van der Waals surface area contributed by atoms with Gasteiger partial charge in [-0.15, -0.1) is 0 Å². The highest BCUT2D eigenvalue weighted by molar-refractivity contribution is 7.98. The van der Waals surface area contributed by atoms with Crippen LogP contribution in [0.1, 0.15) is 33.4 Å². The number of H-pyrrole nitrogens is 2. The molecule has 4 nitrogen and oxygen atoms in total. The van der Waals surface area contributed by atoms with Gasteiger partial charge in [-0.05, 0) is 85.3 Å². The lowest BCUT2D eigenvalue weighted by molar-refractivity contribution is 1.06. The number of thioether (sulfide) groups is 2. The third kappa shape index (κ3) is 3.93. The molecule has 0 bridgehead atoms. The first-order chi connectivity index (χ1) is 15.5. The maximum Gasteiger partial charge on any atom is 0.166 e. The molecular weight excluding hydrogens is 432 g/mol. The van der Waals surface area contributed by atoms with Gasteiger partial charge in [-0.3, -0.25) is 0 Å². The molecule has 162 valence electrons. The first-order valence-electron chi connectivity index (χ1n) is 10.7. The number of hydrogen-bond acceptors (Lipinski definition) is 4. The van der Waals surface area contributed by atoms with Gasteiger partial charge in [0.05, 0.1) is 22.1 Å². The van der Waals surface area contributed by atoms with Crippen molar-refractivity contribution in [2.45, 2.75) is 49.5 Å². The molecule has 0 atom stereocenters. The Morgan fingerprint density at radius 3 is 1.34 bits per heavy atom. The van der Waals surface area contributed by atoms with Crippen molar-refractivity contribution in [3.05, 3.63) is 81.9 Å². The van der Waals surface area contributed by atoms with Gasteiger partial charge in [-0.25, -0.2) is 9.97 Å². The van der Waals surface area contributed by atoms with E-state index < -0.39 is 0 Å². The summed E-state index contributed by atoms with van der Waals surface area (Å²) in [6.07, 6.45) is 0. The van der Waals surface area contributed by atoms with Crippen LogP contribution in [0.4, 0.5) is 0 Å². The van der Waals surface area contributed by atoms with Crippen LogP contribution in [0.3, 0.4) is 0 Å². The van der Waals surface area contributed by atoms with E-state index in [4.69, 9.17) is 9.97 Å². The third-order valence-corrected chi connectivity index (χ3v) is 8.18. The van der Waals surface area contributed by atoms with Gasteiger partial charge in [0, 0.05) is 11.5 Å². The van der Waals surface area contributed by atoms with Crippen LogP contribution in [0.5, 0.6) is 0 Å². The Bertz CT molecular complexity index is 1230. The van der Waals surface area contributed by atoms with Gasteiger partial charge in [0.25, 0.3) is 0 Å². The van der Waals surface area contributed by atoms with E-state index in [-0.39, 0.29) is 0 Å². The van der Waals surface area contributed by atoms with Crippen molar-refractivity contribution in [3.8, 4) is 0 Å². The first-order valence-corrected chi connectivity index (χ1v) is 12.7. The monoisotopic (exact) mass is 458 g/mol. The van der Waals surface area contributed by atoms with Crippen LogP contribution in [-0.2, 0) is 11.5 Å². The second-order valence-electron chi connectivity index (χ2n) is 8.15. The number of nitrogens with zero attached hydrogens (tertiary/aromatic N) is 2. The molecule has 0 radical (unpaired) electrons. The molecule has 0 saturated carbocycles. The van der Waals surface area contributed by atoms with Crippen LogP contribution in [-0.4, -0.2) is 19.9 Å². The van der Waals surface area contributed by atoms with Gasteiger partial charge < -0.3 is 9.97 Å². The minimum absolute atomic E-state index is 0.913. The minimum Gasteiger partial charge on any atom is -0.333 e. The van der Waals surface area contributed by atoms with Gasteiger partial charge in [-0.1, -0.05) is 47.8 Å². The van der Waals surface area contributed by atoms with Crippen molar-refractivity contribution in [1.82, 2.24) is 19.9 Å². The number of hydrogen-bond donors (Lipinski definition) is 2. The van der Waals surface area contributed by atoms with E-state index in [1.807, 2.05) is 24.3 Å². The standard InChI is InChI=1S/C26H26N4S2/c1-15-16(2)20(14-32-26-29-23-11-7-8-12-24(23)30-26)18(4)17(3)19(15)13-31-25-27-21-9-5-6-10-22(21)28-25/h5-12H,13-14H2,1-4H3,(H,27,28)(H,29,30). The van der Waals surface area contributed by atoms with Crippen molar-refractivity contribution in [2.75, 3.05) is 0 Å². The Labute approximate surface area is 196 Å². The molecule has 0 saturated heterocycles. The fraction of sp³-hybridized carbons (Fsp3) is 0.231. The van der Waals surface area contributed by atoms with Crippen LogP contribution in [0.15, 0.2) is 58.8 Å². The molecule has 0 amide bonds. The summed E-state index contributed by atoms with van der Waals surface area (Å²) in [5.74, 6) is 1.83. The lowest BCUT2D eigenvalue weighted by Gasteiger charge is -2.20. The number of imidazole rings is 2. The van der Waals surface area contributed by atoms with Gasteiger partial charge in [0.2, 0.25) is 0 Å². The maximum atomic E-state index is 4.72. The highest BCUT2D eigenvalue weighted by Crippen LogP contribution is 2.34. The normalized spacial score (nSPS) is 11.6. The molecule has 0 aliphatic rings. The highest BCUT2D eigenvalue weighted by Gasteiger charge is 2.16. The van der Waals surface area contributed by atoms with Crippen molar-refractivity contribution >= 4 is 45.6 Å². The van der Waals surface area contributed by atoms with Crippen LogP contribution in [0.2, 0.25) is 0 Å². The fourth-order valence-corrected chi connectivity index (χ4v) is 6.30. The fourth-order valence-electron chi connectivity index (χ4n) is 4.18. The summed E-state index contributed by atoms with van der Waals surface area (Å²) >= 11 is 3.55. The molecular formula is C26H26N4S2. The topological polar surface area (TPSA) is 57.4 Å². The smallest absolute Gasteiger partial charge is 0.166 e. The Morgan fingerprint density at radius 1 is 0.594 bits per heavy atom. The molecule has 3 aromatic carbocycles. The number of benzene rings is 3. The lowest BCUT2D eigenvalue weighted by atomic mass is 9.90. The Morgan fingerprint density at radius 2 is 0.969 bits per heavy atom. The number of aromatic nitrogens is 4. The molecule has 2 aromatic heterocycles. The zero-order chi connectivity index (χ0) is 22.2. The molecule has 2 N–H and O–H groups in total. The van der Waals surface area contributed by atoms with Crippen molar-refractivity contribution < 1.29 is 0 Å². The zero-order valence-electron chi connectivity index (χ0n) is 18.7. The maximum absolute atomic E-state index is 4.72. The van der Waals surface area contributed by atoms with Gasteiger partial charge in [0.15, 0.2) is 10.3 Å². The van der Waals surface area contributed by atoms with Crippen LogP contribution in [0.25, 0.3) is 22.1 Å². The van der Waals surface area contributed by atoms with Gasteiger partial charge in [-0.2, -0.15) is 0 Å². The van der Waals surface area contributed by atoms with Crippen molar-refractivity contribution in [1.29, 1.82) is 0 Å². The Kier molecular flexibility index (Phi) is 5.74. The van der Waals surface area contributed by atoms with E-state index in [9.17, 15) is 0 Å². The molecule has 0 spiro atoms. The molecule has 2 heterocycles. The third-order valence-electron chi connectivity index (χ3n) is 6.38. The minimum atomic E-state index is 0.913. The second-order valence-corrected chi connectivity index (χ2v) is 10.1. The molecule has 0 fully saturated rings. The molecule has 0 aliphatic carbocycles. The summed E-state index contributed by atoms with van der Waals surface area (Å²) in [4.78, 5) is 16.3. The van der Waals surface area contributed by atoms with Crippen molar-refractivity contribution in [3.63, 3.8) is 0 Å². The molecule has 5 rings (SSSR count). The summed E-state index contributed by atoms with van der Waals surface area (Å²) in [6, 6.07) is 16.4. The van der Waals surface area contributed by atoms with E-state index >= 15 is 0 Å². The number of nitrogens with one attached hydrogen (secondary N) is 2. The Balaban J connectivity index is 1.36. The SMILES string of the molecule is Cc1c(C)c(CSc2nc3ccccc3[nH]2)c(C)c(C)c1CSc1nc2ccccc2[nH]1. The Hall–Kier alpha value is -2.70. The second kappa shape index (κ2) is 8.68. The van der Waals surface area contributed by atoms with E-state index in [1.165, 1.54) is 33.4 Å². The summed E-state index contributed by atoms with van der Waals surface area (Å²) in [6.45, 7) is 9.02. The van der Waals surface area contributed by atoms with Crippen LogP contribution >= 0.6 is 23.5 Å². The van der Waals surface area contributed by atoms with E-state index in [1.54, 1.807) is 23.5 Å². The van der Waals surface area contributed by atoms with Crippen molar-refractivity contribution in [2.24, 2.45) is 0 Å². The molecule has 6 heteroatoms. The van der Waals surface area contributed by atoms with E-state index in [0.717, 1.165) is 43.9 Å².